The van der Waals surface area contributed by atoms with Crippen LogP contribution in [0.3, 0.4) is 0 Å². The van der Waals surface area contributed by atoms with Gasteiger partial charge in [-0.05, 0) is 24.3 Å². The molecule has 1 aromatic rings. The van der Waals surface area contributed by atoms with Gasteiger partial charge in [0.25, 0.3) is 0 Å². The molecule has 22 heavy (non-hydrogen) atoms. The van der Waals surface area contributed by atoms with Crippen LogP contribution in [0.15, 0.2) is 24.3 Å². The number of amides is 1. The van der Waals surface area contributed by atoms with Crippen LogP contribution in [-0.4, -0.2) is 63.1 Å². The van der Waals surface area contributed by atoms with Gasteiger partial charge in [-0.2, -0.15) is 0 Å². The molecule has 1 amide bonds. The maximum atomic E-state index is 12.4. The van der Waals surface area contributed by atoms with E-state index < -0.39 is 49.6 Å². The van der Waals surface area contributed by atoms with E-state index in [-0.39, 0.29) is 5.56 Å². The molecule has 0 spiro atoms. The molecule has 0 heterocycles. The zero-order valence-corrected chi connectivity index (χ0v) is 11.7. The van der Waals surface area contributed by atoms with Gasteiger partial charge in [-0.15, -0.1) is 0 Å². The van der Waals surface area contributed by atoms with E-state index in [4.69, 9.17) is 12.2 Å². The second-order valence-corrected chi connectivity index (χ2v) is 4.76. The molecule has 0 aliphatic carbocycles. The highest BCUT2D eigenvalue weighted by Gasteiger charge is 2.36. The van der Waals surface area contributed by atoms with Crippen molar-refractivity contribution in [3.05, 3.63) is 29.8 Å². The monoisotopic (exact) mass is 313 g/mol. The summed E-state index contributed by atoms with van der Waals surface area (Å²) >= 11 is 0. The minimum Gasteiger partial charge on any atom is -0.399 e. The average Bonchev–Trinajstić information content (AvgIpc) is 2.57. The lowest BCUT2D eigenvalue weighted by Gasteiger charge is -2.28. The summed E-state index contributed by atoms with van der Waals surface area (Å²) in [7, 11) is 0. The van der Waals surface area contributed by atoms with Crippen LogP contribution in [0.25, 0.3) is 0 Å². The molecule has 0 fully saturated rings. The van der Waals surface area contributed by atoms with Crippen molar-refractivity contribution in [2.45, 2.75) is 31.3 Å². The summed E-state index contributed by atoms with van der Waals surface area (Å²) in [5, 5.41) is 40.1. The predicted molar refractivity (Wildman–Crippen MR) is 77.9 cm³/mol. The van der Waals surface area contributed by atoms with Crippen molar-refractivity contribution in [1.82, 2.24) is 5.32 Å². The Bertz CT molecular complexity index is 539. The number of Topliss-reactive ketones (excluding diaryl/α,β-unsaturated/α-hetero) is 1. The summed E-state index contributed by atoms with van der Waals surface area (Å²) in [6, 6.07) is 4.05. The van der Waals surface area contributed by atoms with E-state index in [1.54, 1.807) is 0 Å². The highest BCUT2D eigenvalue weighted by molar-refractivity contribution is 6.02. The van der Waals surface area contributed by atoms with Crippen LogP contribution in [0, 0.1) is 0 Å². The largest absolute Gasteiger partial charge is 0.399 e. The number of rotatable bonds is 7. The summed E-state index contributed by atoms with van der Waals surface area (Å²) in [4.78, 5) is 23.8. The Balaban J connectivity index is 3.06. The van der Waals surface area contributed by atoms with E-state index in [1.807, 2.05) is 0 Å². The molecular formula is C14H20N2O6. The van der Waals surface area contributed by atoms with Gasteiger partial charge in [0.1, 0.15) is 24.4 Å². The molecule has 0 aromatic heterocycles. The fraction of sp³-hybridized carbons (Fsp3) is 0.429. The molecule has 0 radical (unpaired) electrons. The number of nitrogens with one attached hydrogen (secondary N) is 1. The fourth-order valence-corrected chi connectivity index (χ4v) is 1.84. The number of nitrogen functional groups attached to an aromatic ring is 1. The molecule has 0 saturated heterocycles. The van der Waals surface area contributed by atoms with Gasteiger partial charge in [-0.1, -0.05) is 0 Å². The number of carbonyl (C=O) groups is 2. The van der Waals surface area contributed by atoms with Crippen molar-refractivity contribution in [1.29, 1.82) is 0 Å². The minimum absolute atomic E-state index is 0.110. The Morgan fingerprint density at radius 2 is 1.82 bits per heavy atom. The van der Waals surface area contributed by atoms with Gasteiger partial charge in [0.05, 0.1) is 6.61 Å². The van der Waals surface area contributed by atoms with Gasteiger partial charge in [-0.3, -0.25) is 9.59 Å². The van der Waals surface area contributed by atoms with Gasteiger partial charge >= 0.3 is 0 Å². The van der Waals surface area contributed by atoms with E-state index in [2.05, 4.69) is 5.32 Å². The first kappa shape index (κ1) is 16.4. The molecule has 0 aliphatic heterocycles. The lowest BCUT2D eigenvalue weighted by molar-refractivity contribution is -0.122. The number of nitrogens with two attached hydrogens (primary N) is 1. The van der Waals surface area contributed by atoms with Gasteiger partial charge in [0.2, 0.25) is 5.91 Å². The number of hydrogen-bond acceptors (Lipinski definition) is 7. The minimum atomic E-state index is -1.88. The second kappa shape index (κ2) is 7.85. The maximum absolute atomic E-state index is 12.4. The number of carbonyl (C=O) groups excluding carboxylic acids is 2. The topological polar surface area (TPSA) is 153 Å². The smallest absolute Gasteiger partial charge is 0.217 e. The van der Waals surface area contributed by atoms with Gasteiger partial charge in [-0.25, -0.2) is 0 Å². The summed E-state index contributed by atoms with van der Waals surface area (Å²) in [5.41, 5.74) is 6.03. The molecule has 4 atom stereocenters. The lowest BCUT2D eigenvalue weighted by Crippen LogP contribution is -2.55. The van der Waals surface area contributed by atoms with Crippen molar-refractivity contribution in [3.63, 3.8) is 0 Å². The molecule has 122 valence electrons. The standard InChI is InChI=1S/C14H20N2O6/c1-7(18)16-11(14(22)13(21)10(19)6-17)12(20)8-2-4-9(15)5-3-8/h2-5,10-11,13-14,17,19,21-22H,6,15H2,1H3,(H,16,18)/t10-,11+,13-,14-/m1/s1/i1D. The molecule has 0 aliphatic rings. The molecule has 0 unspecified atom stereocenters. The number of anilines is 1. The van der Waals surface area contributed by atoms with E-state index >= 15 is 0 Å². The van der Waals surface area contributed by atoms with Crippen LogP contribution in [0.4, 0.5) is 5.69 Å². The van der Waals surface area contributed by atoms with E-state index in [1.165, 1.54) is 24.3 Å². The van der Waals surface area contributed by atoms with Gasteiger partial charge in [0, 0.05) is 19.5 Å². The summed E-state index contributed by atoms with van der Waals surface area (Å²) in [5.74, 6) is -1.58. The second-order valence-electron chi connectivity index (χ2n) is 4.76. The molecule has 7 N–H and O–H groups in total. The number of aliphatic hydroxyl groups is 4. The third kappa shape index (κ3) is 4.50. The predicted octanol–water partition coefficient (Wildman–Crippen LogP) is -1.97. The first-order chi connectivity index (χ1) is 10.8. The molecule has 0 saturated carbocycles. The highest BCUT2D eigenvalue weighted by Crippen LogP contribution is 2.13. The number of hydrogen-bond donors (Lipinski definition) is 6. The Hall–Kier alpha value is -2.00. The SMILES string of the molecule is [2H]CC(=O)N[C@@H](C(=O)c1ccc(N)cc1)[C@@H](O)[C@H](O)[C@H](O)CO. The molecule has 1 rings (SSSR count). The first-order valence-electron chi connectivity index (χ1n) is 7.16. The number of benzene rings is 1. The Morgan fingerprint density at radius 3 is 2.32 bits per heavy atom. The first-order valence-corrected chi connectivity index (χ1v) is 6.45. The van der Waals surface area contributed by atoms with Crippen molar-refractivity contribution in [3.8, 4) is 0 Å². The normalized spacial score (nSPS) is 17.0. The number of ketones is 1. The van der Waals surface area contributed by atoms with Crippen molar-refractivity contribution >= 4 is 17.4 Å². The highest BCUT2D eigenvalue weighted by atomic mass is 16.4. The molecule has 1 aromatic carbocycles. The Labute approximate surface area is 128 Å². The van der Waals surface area contributed by atoms with Crippen LogP contribution in [0.2, 0.25) is 0 Å². The summed E-state index contributed by atoms with van der Waals surface area (Å²) in [6.45, 7) is -1.52. The Kier molecular flexibility index (Phi) is 5.84. The van der Waals surface area contributed by atoms with Crippen LogP contribution < -0.4 is 11.1 Å². The number of aliphatic hydroxyl groups excluding tert-OH is 4. The zero-order chi connectivity index (χ0) is 17.6. The summed E-state index contributed by atoms with van der Waals surface area (Å²) in [6.07, 6.45) is -5.44. The average molecular weight is 313 g/mol. The third-order valence-electron chi connectivity index (χ3n) is 3.07. The lowest BCUT2D eigenvalue weighted by atomic mass is 9.94. The van der Waals surface area contributed by atoms with Crippen LogP contribution in [0.5, 0.6) is 0 Å². The Morgan fingerprint density at radius 1 is 1.23 bits per heavy atom. The molecule has 8 nitrogen and oxygen atoms in total. The fourth-order valence-electron chi connectivity index (χ4n) is 1.84. The quantitative estimate of drug-likeness (QED) is 0.252. The van der Waals surface area contributed by atoms with E-state index in [0.717, 1.165) is 0 Å². The van der Waals surface area contributed by atoms with E-state index in [0.29, 0.717) is 5.69 Å². The van der Waals surface area contributed by atoms with Crippen molar-refractivity contribution in [2.24, 2.45) is 0 Å². The summed E-state index contributed by atoms with van der Waals surface area (Å²) < 4.78 is 6.97. The van der Waals surface area contributed by atoms with Crippen LogP contribution in [0.1, 0.15) is 18.6 Å². The molecule has 8 heteroatoms. The van der Waals surface area contributed by atoms with Gasteiger partial charge in [0.15, 0.2) is 5.78 Å². The molecule has 0 bridgehead atoms. The van der Waals surface area contributed by atoms with Crippen molar-refractivity contribution < 1.29 is 31.4 Å². The van der Waals surface area contributed by atoms with E-state index in [9.17, 15) is 24.9 Å². The van der Waals surface area contributed by atoms with Crippen LogP contribution in [-0.2, 0) is 4.79 Å². The van der Waals surface area contributed by atoms with Crippen molar-refractivity contribution in [2.75, 3.05) is 12.3 Å². The van der Waals surface area contributed by atoms with Crippen LogP contribution >= 0.6 is 0 Å². The van der Waals surface area contributed by atoms with Gasteiger partial charge < -0.3 is 31.5 Å². The maximum Gasteiger partial charge on any atom is 0.217 e. The third-order valence-corrected chi connectivity index (χ3v) is 3.07. The zero-order valence-electron chi connectivity index (χ0n) is 12.7. The molecular weight excluding hydrogens is 292 g/mol.